The average Bonchev–Trinajstić information content (AvgIpc) is 3.50. The van der Waals surface area contributed by atoms with Crippen LogP contribution in [0.5, 0.6) is 11.5 Å². The van der Waals surface area contributed by atoms with Crippen molar-refractivity contribution in [2.24, 2.45) is 0 Å². The van der Waals surface area contributed by atoms with Crippen LogP contribution in [0, 0.1) is 11.3 Å². The number of aromatic nitrogens is 5. The highest BCUT2D eigenvalue weighted by Gasteiger charge is 2.28. The maximum atomic E-state index is 12.7. The first-order chi connectivity index (χ1) is 18.5. The third-order valence-corrected chi connectivity index (χ3v) is 7.60. The second-order valence-electron chi connectivity index (χ2n) is 8.40. The lowest BCUT2D eigenvalue weighted by Crippen LogP contribution is -2.16. The third kappa shape index (κ3) is 5.71. The number of carbonyl (C=O) groups excluding carboxylic acids is 1. The first-order valence-electron chi connectivity index (χ1n) is 12.0. The summed E-state index contributed by atoms with van der Waals surface area (Å²) in [4.78, 5) is 30.1. The summed E-state index contributed by atoms with van der Waals surface area (Å²) in [5, 5.41) is 26.7. The van der Waals surface area contributed by atoms with Crippen molar-refractivity contribution in [1.82, 2.24) is 24.8 Å². The van der Waals surface area contributed by atoms with Gasteiger partial charge in [0.1, 0.15) is 28.3 Å². The van der Waals surface area contributed by atoms with E-state index in [2.05, 4.69) is 25.6 Å². The molecule has 1 fully saturated rings. The van der Waals surface area contributed by atoms with E-state index in [0.29, 0.717) is 45.4 Å². The number of anilines is 1. The van der Waals surface area contributed by atoms with Gasteiger partial charge in [-0.25, -0.2) is 4.98 Å². The highest BCUT2D eigenvalue weighted by Crippen LogP contribution is 2.42. The molecule has 3 aromatic heterocycles. The fourth-order valence-electron chi connectivity index (χ4n) is 3.53. The Morgan fingerprint density at radius 3 is 2.79 bits per heavy atom. The van der Waals surface area contributed by atoms with E-state index >= 15 is 0 Å². The van der Waals surface area contributed by atoms with Gasteiger partial charge < -0.3 is 9.47 Å². The second-order valence-corrected chi connectivity index (χ2v) is 10.5. The first-order valence-corrected chi connectivity index (χ1v) is 13.7. The van der Waals surface area contributed by atoms with Gasteiger partial charge in [0.25, 0.3) is 11.5 Å². The lowest BCUT2D eigenvalue weighted by molar-refractivity contribution is -0.112. The molecule has 1 aliphatic rings. The number of hydrogen-bond donors (Lipinski definition) is 1. The zero-order valence-electron chi connectivity index (χ0n) is 20.6. The number of aryl methyl sites for hydroxylation is 1. The van der Waals surface area contributed by atoms with Gasteiger partial charge in [-0.2, -0.15) is 14.9 Å². The summed E-state index contributed by atoms with van der Waals surface area (Å²) < 4.78 is 12.9. The van der Waals surface area contributed by atoms with E-state index in [1.807, 2.05) is 19.9 Å². The molecule has 0 unspecified atom stereocenters. The zero-order chi connectivity index (χ0) is 26.6. The summed E-state index contributed by atoms with van der Waals surface area (Å²) in [5.74, 6) is 0.740. The number of nitrogens with zero attached hydrogens (tertiary/aromatic N) is 6. The highest BCUT2D eigenvalue weighted by molar-refractivity contribution is 7.16. The minimum atomic E-state index is -0.564. The maximum Gasteiger partial charge on any atom is 0.275 e. The molecule has 1 aromatic carbocycles. The molecule has 194 valence electrons. The molecule has 0 atom stereocenters. The van der Waals surface area contributed by atoms with Crippen molar-refractivity contribution in [3.8, 4) is 17.6 Å². The van der Waals surface area contributed by atoms with Gasteiger partial charge in [-0.05, 0) is 50.0 Å². The summed E-state index contributed by atoms with van der Waals surface area (Å²) in [6.07, 6.45) is 4.36. The van der Waals surface area contributed by atoms with E-state index in [9.17, 15) is 14.9 Å². The van der Waals surface area contributed by atoms with Crippen LogP contribution in [-0.4, -0.2) is 37.3 Å². The largest absolute Gasteiger partial charge is 0.490 e. The number of benzene rings is 1. The van der Waals surface area contributed by atoms with Gasteiger partial charge in [0.05, 0.1) is 12.3 Å². The van der Waals surface area contributed by atoms with Crippen molar-refractivity contribution in [2.75, 3.05) is 11.9 Å². The molecule has 0 aliphatic heterocycles. The third-order valence-electron chi connectivity index (χ3n) is 5.55. The topological polar surface area (TPSA) is 144 Å². The molecule has 13 heteroatoms. The average molecular weight is 550 g/mol. The molecule has 3 heterocycles. The molecule has 1 aliphatic carbocycles. The zero-order valence-corrected chi connectivity index (χ0v) is 22.3. The number of nitrogens with one attached hydrogen (secondary N) is 1. The Bertz CT molecular complexity index is 1630. The van der Waals surface area contributed by atoms with Crippen molar-refractivity contribution in [3.63, 3.8) is 0 Å². The van der Waals surface area contributed by atoms with Crippen LogP contribution >= 0.6 is 22.7 Å². The van der Waals surface area contributed by atoms with E-state index in [1.165, 1.54) is 39.3 Å². The molecule has 0 saturated heterocycles. The number of fused-ring (bicyclic) bond motifs is 1. The highest BCUT2D eigenvalue weighted by atomic mass is 32.1. The molecule has 5 rings (SSSR count). The van der Waals surface area contributed by atoms with Crippen LogP contribution < -0.4 is 20.3 Å². The lowest BCUT2D eigenvalue weighted by atomic mass is 10.1. The molecule has 1 saturated carbocycles. The SMILES string of the molecule is CCOc1cc(C=C(C#N)C(=O)Nc2nnc(C3CC3)s2)ccc1OCc1cc(=O)n2nc(CC)sc2n1. The number of carbonyl (C=O) groups is 1. The Morgan fingerprint density at radius 1 is 1.21 bits per heavy atom. The van der Waals surface area contributed by atoms with Crippen molar-refractivity contribution < 1.29 is 14.3 Å². The summed E-state index contributed by atoms with van der Waals surface area (Å²) >= 11 is 2.69. The number of rotatable bonds is 10. The summed E-state index contributed by atoms with van der Waals surface area (Å²) in [7, 11) is 0. The van der Waals surface area contributed by atoms with E-state index < -0.39 is 5.91 Å². The van der Waals surface area contributed by atoms with E-state index in [1.54, 1.807) is 18.2 Å². The molecule has 0 spiro atoms. The predicted molar refractivity (Wildman–Crippen MR) is 143 cm³/mol. The van der Waals surface area contributed by atoms with E-state index in [-0.39, 0.29) is 17.7 Å². The van der Waals surface area contributed by atoms with Crippen molar-refractivity contribution in [2.45, 2.75) is 45.6 Å². The van der Waals surface area contributed by atoms with E-state index in [0.717, 1.165) is 29.3 Å². The summed E-state index contributed by atoms with van der Waals surface area (Å²) in [5.41, 5.74) is 0.698. The normalized spacial score (nSPS) is 13.3. The fourth-order valence-corrected chi connectivity index (χ4v) is 5.29. The van der Waals surface area contributed by atoms with Gasteiger partial charge in [0, 0.05) is 12.0 Å². The molecule has 11 nitrogen and oxygen atoms in total. The van der Waals surface area contributed by atoms with Crippen LogP contribution in [0.1, 0.15) is 53.9 Å². The van der Waals surface area contributed by atoms with Crippen molar-refractivity contribution in [1.29, 1.82) is 5.26 Å². The molecule has 1 N–H and O–H groups in total. The van der Waals surface area contributed by atoms with Gasteiger partial charge in [0.15, 0.2) is 11.5 Å². The van der Waals surface area contributed by atoms with Crippen LogP contribution in [0.4, 0.5) is 5.13 Å². The Balaban J connectivity index is 1.31. The molecular formula is C25H23N7O4S2. The van der Waals surface area contributed by atoms with Gasteiger partial charge in [-0.3, -0.25) is 14.9 Å². The standard InChI is InChI=1S/C25H23N7O4S2/c1-3-20-31-32-21(33)11-17(27-25(32)37-20)13-36-18-8-5-14(10-19(18)35-4-2)9-16(12-26)22(34)28-24-30-29-23(38-24)15-6-7-15/h5,8-11,15H,3-4,6-7,13H2,1-2H3,(H,28,30,34). The minimum absolute atomic E-state index is 0.0525. The maximum absolute atomic E-state index is 12.7. The van der Waals surface area contributed by atoms with Crippen LogP contribution in [0.15, 0.2) is 34.6 Å². The second kappa shape index (κ2) is 11.1. The molecule has 0 bridgehead atoms. The number of ether oxygens (including phenoxy) is 2. The first kappa shape index (κ1) is 25.5. The summed E-state index contributed by atoms with van der Waals surface area (Å²) in [6.45, 7) is 4.23. The van der Waals surface area contributed by atoms with Gasteiger partial charge >= 0.3 is 0 Å². The van der Waals surface area contributed by atoms with Crippen LogP contribution in [-0.2, 0) is 17.8 Å². The van der Waals surface area contributed by atoms with Crippen molar-refractivity contribution >= 4 is 44.7 Å². The van der Waals surface area contributed by atoms with Gasteiger partial charge in [-0.1, -0.05) is 35.7 Å². The molecule has 1 amide bonds. The van der Waals surface area contributed by atoms with Crippen LogP contribution in [0.2, 0.25) is 0 Å². The Kier molecular flexibility index (Phi) is 7.43. The minimum Gasteiger partial charge on any atom is -0.490 e. The molecule has 0 radical (unpaired) electrons. The Labute approximate surface area is 225 Å². The predicted octanol–water partition coefficient (Wildman–Crippen LogP) is 3.97. The van der Waals surface area contributed by atoms with Crippen LogP contribution in [0.25, 0.3) is 11.0 Å². The fraction of sp³-hybridized carbons (Fsp3) is 0.320. The summed E-state index contributed by atoms with van der Waals surface area (Å²) in [6, 6.07) is 8.41. The Morgan fingerprint density at radius 2 is 2.05 bits per heavy atom. The van der Waals surface area contributed by atoms with Gasteiger partial charge in [-0.15, -0.1) is 10.2 Å². The quantitative estimate of drug-likeness (QED) is 0.229. The Hall–Kier alpha value is -4.15. The molecule has 4 aromatic rings. The number of amides is 1. The lowest BCUT2D eigenvalue weighted by Gasteiger charge is -2.12. The number of nitriles is 1. The monoisotopic (exact) mass is 549 g/mol. The smallest absolute Gasteiger partial charge is 0.275 e. The number of hydrogen-bond acceptors (Lipinski definition) is 11. The molecule has 38 heavy (non-hydrogen) atoms. The van der Waals surface area contributed by atoms with E-state index in [4.69, 9.17) is 9.47 Å². The van der Waals surface area contributed by atoms with Gasteiger partial charge in [0.2, 0.25) is 10.1 Å². The molecular weight excluding hydrogens is 526 g/mol. The van der Waals surface area contributed by atoms with Crippen LogP contribution in [0.3, 0.4) is 0 Å². The van der Waals surface area contributed by atoms with Crippen molar-refractivity contribution in [3.05, 3.63) is 61.5 Å².